The van der Waals surface area contributed by atoms with Crippen molar-refractivity contribution in [3.05, 3.63) is 24.5 Å². The van der Waals surface area contributed by atoms with E-state index in [-0.39, 0.29) is 11.5 Å². The van der Waals surface area contributed by atoms with Crippen LogP contribution in [0.3, 0.4) is 0 Å². The molecule has 1 unspecified atom stereocenters. The van der Waals surface area contributed by atoms with Crippen molar-refractivity contribution in [1.29, 1.82) is 0 Å². The Balaban J connectivity index is 1.87. The lowest BCUT2D eigenvalue weighted by Crippen LogP contribution is -2.62. The molecule has 1 saturated heterocycles. The van der Waals surface area contributed by atoms with Crippen molar-refractivity contribution in [3.63, 3.8) is 0 Å². The number of pyridine rings is 1. The maximum atomic E-state index is 14.0. The van der Waals surface area contributed by atoms with Crippen LogP contribution in [-0.2, 0) is 0 Å². The summed E-state index contributed by atoms with van der Waals surface area (Å²) in [7, 11) is 0. The van der Waals surface area contributed by atoms with Gasteiger partial charge in [-0.3, -0.25) is 4.98 Å². The first kappa shape index (κ1) is 10.0. The molecule has 2 fully saturated rings. The molecule has 2 aliphatic rings. The van der Waals surface area contributed by atoms with Gasteiger partial charge in [0.25, 0.3) is 0 Å². The number of rotatable bonds is 1. The van der Waals surface area contributed by atoms with Gasteiger partial charge in [0.05, 0.1) is 11.2 Å². The number of anilines is 1. The van der Waals surface area contributed by atoms with E-state index in [0.717, 1.165) is 25.1 Å². The molecular formula is C12H16FN3. The minimum absolute atomic E-state index is 0.166. The van der Waals surface area contributed by atoms with Gasteiger partial charge in [-0.25, -0.2) is 9.82 Å². The largest absolute Gasteiger partial charge is 0.307 e. The summed E-state index contributed by atoms with van der Waals surface area (Å²) in [4.78, 5) is 4.00. The van der Waals surface area contributed by atoms with Crippen molar-refractivity contribution in [2.45, 2.75) is 31.5 Å². The van der Waals surface area contributed by atoms with Crippen LogP contribution >= 0.6 is 0 Å². The van der Waals surface area contributed by atoms with Gasteiger partial charge in [0.1, 0.15) is 6.17 Å². The first-order chi connectivity index (χ1) is 7.69. The summed E-state index contributed by atoms with van der Waals surface area (Å²) in [5, 5.41) is 2.06. The molecule has 1 aliphatic carbocycles. The topological polar surface area (TPSA) is 28.2 Å². The fourth-order valence-electron chi connectivity index (χ4n) is 2.87. The Labute approximate surface area is 94.6 Å². The van der Waals surface area contributed by atoms with Gasteiger partial charge < -0.3 is 5.01 Å². The molecule has 86 valence electrons. The van der Waals surface area contributed by atoms with Gasteiger partial charge >= 0.3 is 0 Å². The zero-order valence-electron chi connectivity index (χ0n) is 9.36. The second-order valence-corrected chi connectivity index (χ2v) is 5.05. The maximum absolute atomic E-state index is 14.0. The molecule has 2 bridgehead atoms. The monoisotopic (exact) mass is 221 g/mol. The standard InChI is InChI=1S/C12H16FN3/c1-12-5-2-9(11(12)13)8-16(15-12)10-3-6-14-7-4-10/h3-4,6-7,9,11,15H,2,5,8H2,1H3/t9-,11?,12+/m1/s1. The molecule has 1 N–H and O–H groups in total. The Kier molecular flexibility index (Phi) is 2.14. The predicted octanol–water partition coefficient (Wildman–Crippen LogP) is 1.91. The van der Waals surface area contributed by atoms with Crippen LogP contribution in [0.25, 0.3) is 0 Å². The molecule has 0 spiro atoms. The van der Waals surface area contributed by atoms with Gasteiger partial charge in [-0.15, -0.1) is 0 Å². The van der Waals surface area contributed by atoms with Crippen molar-refractivity contribution in [3.8, 4) is 0 Å². The number of halogens is 1. The molecule has 0 radical (unpaired) electrons. The fourth-order valence-corrected chi connectivity index (χ4v) is 2.87. The minimum atomic E-state index is -0.717. The Morgan fingerprint density at radius 1 is 1.50 bits per heavy atom. The molecule has 0 amide bonds. The first-order valence-electron chi connectivity index (χ1n) is 5.78. The van der Waals surface area contributed by atoms with E-state index in [9.17, 15) is 4.39 Å². The molecule has 1 aliphatic heterocycles. The molecule has 3 atom stereocenters. The van der Waals surface area contributed by atoms with E-state index in [1.54, 1.807) is 12.4 Å². The third-order valence-electron chi connectivity index (χ3n) is 3.84. The van der Waals surface area contributed by atoms with Crippen LogP contribution in [0, 0.1) is 5.92 Å². The van der Waals surface area contributed by atoms with Crippen LogP contribution in [0.5, 0.6) is 0 Å². The third kappa shape index (κ3) is 1.40. The van der Waals surface area contributed by atoms with Crippen molar-refractivity contribution in [1.82, 2.24) is 10.4 Å². The fraction of sp³-hybridized carbons (Fsp3) is 0.583. The van der Waals surface area contributed by atoms with Crippen molar-refractivity contribution in [2.24, 2.45) is 5.92 Å². The second kappa shape index (κ2) is 3.42. The number of hydrogen-bond acceptors (Lipinski definition) is 3. The Morgan fingerprint density at radius 2 is 2.25 bits per heavy atom. The van der Waals surface area contributed by atoms with Gasteiger partial charge in [-0.05, 0) is 31.9 Å². The van der Waals surface area contributed by atoms with E-state index in [4.69, 9.17) is 0 Å². The highest BCUT2D eigenvalue weighted by Crippen LogP contribution is 2.41. The predicted molar refractivity (Wildman–Crippen MR) is 60.7 cm³/mol. The molecule has 1 saturated carbocycles. The summed E-state index contributed by atoms with van der Waals surface area (Å²) in [6, 6.07) is 3.91. The molecule has 1 aromatic heterocycles. The van der Waals surface area contributed by atoms with Crippen LogP contribution in [0.15, 0.2) is 24.5 Å². The number of alkyl halides is 1. The average Bonchev–Trinajstić information content (AvgIpc) is 2.51. The van der Waals surface area contributed by atoms with E-state index in [2.05, 4.69) is 15.4 Å². The number of nitrogens with zero attached hydrogens (tertiary/aromatic N) is 2. The Hall–Kier alpha value is -1.16. The molecule has 0 aromatic carbocycles. The highest BCUT2D eigenvalue weighted by Gasteiger charge is 2.50. The summed E-state index contributed by atoms with van der Waals surface area (Å²) < 4.78 is 14.0. The highest BCUT2D eigenvalue weighted by atomic mass is 19.1. The van der Waals surface area contributed by atoms with Crippen LogP contribution in [0.4, 0.5) is 10.1 Å². The quantitative estimate of drug-likeness (QED) is 0.785. The van der Waals surface area contributed by atoms with Crippen molar-refractivity contribution >= 4 is 5.69 Å². The third-order valence-corrected chi connectivity index (χ3v) is 3.84. The van der Waals surface area contributed by atoms with Gasteiger partial charge in [-0.1, -0.05) is 0 Å². The maximum Gasteiger partial charge on any atom is 0.124 e. The van der Waals surface area contributed by atoms with E-state index in [1.807, 2.05) is 19.1 Å². The molecular weight excluding hydrogens is 205 g/mol. The summed E-state index contributed by atoms with van der Waals surface area (Å²) in [6.45, 7) is 2.73. The zero-order valence-corrected chi connectivity index (χ0v) is 9.36. The summed E-state index contributed by atoms with van der Waals surface area (Å²) >= 11 is 0. The normalized spacial score (nSPS) is 37.8. The summed E-state index contributed by atoms with van der Waals surface area (Å²) in [6.07, 6.45) is 4.71. The van der Waals surface area contributed by atoms with Crippen LogP contribution in [0.2, 0.25) is 0 Å². The van der Waals surface area contributed by atoms with Crippen molar-refractivity contribution < 1.29 is 4.39 Å². The van der Waals surface area contributed by atoms with E-state index < -0.39 is 6.17 Å². The average molecular weight is 221 g/mol. The molecule has 2 heterocycles. The highest BCUT2D eigenvalue weighted by molar-refractivity contribution is 5.45. The van der Waals surface area contributed by atoms with E-state index >= 15 is 0 Å². The molecule has 16 heavy (non-hydrogen) atoms. The van der Waals surface area contributed by atoms with Crippen molar-refractivity contribution in [2.75, 3.05) is 11.6 Å². The van der Waals surface area contributed by atoms with Gasteiger partial charge in [-0.2, -0.15) is 0 Å². The lowest BCUT2D eigenvalue weighted by molar-refractivity contribution is 0.124. The van der Waals surface area contributed by atoms with E-state index in [1.165, 1.54) is 0 Å². The van der Waals surface area contributed by atoms with Crippen LogP contribution in [-0.4, -0.2) is 23.2 Å². The Bertz CT molecular complexity index is 383. The number of hydrazine groups is 1. The van der Waals surface area contributed by atoms with Crippen LogP contribution in [0.1, 0.15) is 19.8 Å². The SMILES string of the molecule is C[C@@]12CC[C@H](CN(c3ccncc3)N1)C2F. The first-order valence-corrected chi connectivity index (χ1v) is 5.78. The number of fused-ring (bicyclic) bond motifs is 2. The smallest absolute Gasteiger partial charge is 0.124 e. The molecule has 3 rings (SSSR count). The number of nitrogens with one attached hydrogen (secondary N) is 1. The zero-order chi connectivity index (χ0) is 11.2. The van der Waals surface area contributed by atoms with Gasteiger partial charge in [0.15, 0.2) is 0 Å². The lowest BCUT2D eigenvalue weighted by Gasteiger charge is -2.42. The number of hydrogen-bond donors (Lipinski definition) is 1. The summed E-state index contributed by atoms with van der Waals surface area (Å²) in [5.74, 6) is 0.166. The number of aromatic nitrogens is 1. The van der Waals surface area contributed by atoms with E-state index in [0.29, 0.717) is 0 Å². The molecule has 4 heteroatoms. The Morgan fingerprint density at radius 3 is 2.94 bits per heavy atom. The minimum Gasteiger partial charge on any atom is -0.307 e. The molecule has 1 aromatic rings. The van der Waals surface area contributed by atoms with Gasteiger partial charge in [0.2, 0.25) is 0 Å². The summed E-state index contributed by atoms with van der Waals surface area (Å²) in [5.41, 5.74) is 4.00. The lowest BCUT2D eigenvalue weighted by atomic mass is 9.94. The van der Waals surface area contributed by atoms with Gasteiger partial charge in [0, 0.05) is 24.9 Å². The molecule has 3 nitrogen and oxygen atoms in total. The second-order valence-electron chi connectivity index (χ2n) is 5.05. The van der Waals surface area contributed by atoms with Crippen LogP contribution < -0.4 is 10.4 Å².